The third kappa shape index (κ3) is 6.34. The van der Waals surface area contributed by atoms with Gasteiger partial charge in [-0.1, -0.05) is 39.0 Å². The molecule has 0 saturated heterocycles. The molecule has 0 atom stereocenters. The van der Waals surface area contributed by atoms with Gasteiger partial charge in [-0.25, -0.2) is 0 Å². The molecule has 2 heteroatoms. The quantitative estimate of drug-likeness (QED) is 0.547. The van der Waals surface area contributed by atoms with Crippen LogP contribution in [0.5, 0.6) is 0 Å². The molecule has 1 saturated carbocycles. The minimum absolute atomic E-state index is 0. The van der Waals surface area contributed by atoms with Crippen molar-refractivity contribution < 1.29 is 0 Å². The average molecular weight is 206 g/mol. The minimum Gasteiger partial charge on any atom is -0.314 e. The molecule has 0 amide bonds. The van der Waals surface area contributed by atoms with Crippen LogP contribution in [0.1, 0.15) is 58.3 Å². The molecule has 0 aromatic carbocycles. The second kappa shape index (κ2) is 8.83. The Morgan fingerprint density at radius 1 is 1.08 bits per heavy atom. The Morgan fingerprint density at radius 3 is 2.23 bits per heavy atom. The molecule has 13 heavy (non-hydrogen) atoms. The van der Waals surface area contributed by atoms with Gasteiger partial charge in [-0.2, -0.15) is 0 Å². The summed E-state index contributed by atoms with van der Waals surface area (Å²) in [6.45, 7) is 3.50. The fourth-order valence-electron chi connectivity index (χ4n) is 1.97. The van der Waals surface area contributed by atoms with E-state index in [2.05, 4.69) is 12.2 Å². The molecule has 0 bridgehead atoms. The predicted octanol–water partition coefficient (Wildman–Crippen LogP) is 3.52. The SMILES string of the molecule is CCCCNC1CCCCCC1.Cl. The van der Waals surface area contributed by atoms with Gasteiger partial charge in [-0.3, -0.25) is 0 Å². The third-order valence-electron chi connectivity index (χ3n) is 2.82. The molecule has 0 heterocycles. The number of hydrogen-bond acceptors (Lipinski definition) is 1. The predicted molar refractivity (Wildman–Crippen MR) is 61.6 cm³/mol. The van der Waals surface area contributed by atoms with Crippen molar-refractivity contribution in [2.24, 2.45) is 0 Å². The summed E-state index contributed by atoms with van der Waals surface area (Å²) < 4.78 is 0. The highest BCUT2D eigenvalue weighted by atomic mass is 35.5. The first-order valence-electron chi connectivity index (χ1n) is 5.67. The normalized spacial score (nSPS) is 19.2. The molecule has 1 fully saturated rings. The maximum Gasteiger partial charge on any atom is 0.00670 e. The molecule has 1 nitrogen and oxygen atoms in total. The Balaban J connectivity index is 0.00000144. The molecule has 0 unspecified atom stereocenters. The van der Waals surface area contributed by atoms with Gasteiger partial charge in [0.25, 0.3) is 0 Å². The number of halogens is 1. The minimum atomic E-state index is 0. The van der Waals surface area contributed by atoms with E-state index in [-0.39, 0.29) is 12.4 Å². The van der Waals surface area contributed by atoms with Gasteiger partial charge < -0.3 is 5.32 Å². The van der Waals surface area contributed by atoms with Crippen LogP contribution in [-0.4, -0.2) is 12.6 Å². The first-order valence-corrected chi connectivity index (χ1v) is 5.67. The third-order valence-corrected chi connectivity index (χ3v) is 2.82. The van der Waals surface area contributed by atoms with E-state index in [1.807, 2.05) is 0 Å². The van der Waals surface area contributed by atoms with E-state index in [0.717, 1.165) is 6.04 Å². The Morgan fingerprint density at radius 2 is 1.69 bits per heavy atom. The van der Waals surface area contributed by atoms with Gasteiger partial charge in [0.15, 0.2) is 0 Å². The lowest BCUT2D eigenvalue weighted by molar-refractivity contribution is 0.454. The molecular weight excluding hydrogens is 182 g/mol. The fraction of sp³-hybridized carbons (Fsp3) is 1.00. The van der Waals surface area contributed by atoms with Crippen LogP contribution in [0.4, 0.5) is 0 Å². The molecule has 1 N–H and O–H groups in total. The van der Waals surface area contributed by atoms with Gasteiger partial charge >= 0.3 is 0 Å². The van der Waals surface area contributed by atoms with Gasteiger partial charge in [0, 0.05) is 6.04 Å². The fourth-order valence-corrected chi connectivity index (χ4v) is 1.97. The van der Waals surface area contributed by atoms with Crippen molar-refractivity contribution in [3.05, 3.63) is 0 Å². The van der Waals surface area contributed by atoms with Crippen molar-refractivity contribution in [2.75, 3.05) is 6.54 Å². The average Bonchev–Trinajstić information content (AvgIpc) is 2.33. The number of unbranched alkanes of at least 4 members (excludes halogenated alkanes) is 1. The van der Waals surface area contributed by atoms with E-state index in [9.17, 15) is 0 Å². The zero-order valence-corrected chi connectivity index (χ0v) is 9.67. The van der Waals surface area contributed by atoms with Crippen molar-refractivity contribution in [3.63, 3.8) is 0 Å². The molecule has 80 valence electrons. The van der Waals surface area contributed by atoms with Crippen LogP contribution < -0.4 is 5.32 Å². The highest BCUT2D eigenvalue weighted by Crippen LogP contribution is 2.16. The second-order valence-corrected chi connectivity index (χ2v) is 4.00. The number of rotatable bonds is 4. The van der Waals surface area contributed by atoms with E-state index in [4.69, 9.17) is 0 Å². The lowest BCUT2D eigenvalue weighted by Crippen LogP contribution is -2.29. The van der Waals surface area contributed by atoms with E-state index in [1.165, 1.54) is 57.9 Å². The summed E-state index contributed by atoms with van der Waals surface area (Å²) in [4.78, 5) is 0. The molecule has 1 aliphatic rings. The summed E-state index contributed by atoms with van der Waals surface area (Å²) >= 11 is 0. The second-order valence-electron chi connectivity index (χ2n) is 4.00. The first kappa shape index (κ1) is 13.2. The lowest BCUT2D eigenvalue weighted by atomic mass is 10.1. The summed E-state index contributed by atoms with van der Waals surface area (Å²) in [6, 6.07) is 0.846. The van der Waals surface area contributed by atoms with Crippen LogP contribution in [0.2, 0.25) is 0 Å². The highest BCUT2D eigenvalue weighted by Gasteiger charge is 2.10. The van der Waals surface area contributed by atoms with Crippen LogP contribution >= 0.6 is 12.4 Å². The van der Waals surface area contributed by atoms with Crippen molar-refractivity contribution in [2.45, 2.75) is 64.3 Å². The Hall–Kier alpha value is 0.250. The lowest BCUT2D eigenvalue weighted by Gasteiger charge is -2.15. The van der Waals surface area contributed by atoms with Crippen LogP contribution in [0.15, 0.2) is 0 Å². The molecule has 1 rings (SSSR count). The smallest absolute Gasteiger partial charge is 0.00670 e. The van der Waals surface area contributed by atoms with Crippen LogP contribution in [-0.2, 0) is 0 Å². The summed E-state index contributed by atoms with van der Waals surface area (Å²) in [5.74, 6) is 0. The van der Waals surface area contributed by atoms with Crippen LogP contribution in [0, 0.1) is 0 Å². The molecule has 0 aliphatic heterocycles. The number of nitrogens with one attached hydrogen (secondary N) is 1. The van der Waals surface area contributed by atoms with E-state index >= 15 is 0 Å². The Kier molecular flexibility index (Phi) is 9.00. The largest absolute Gasteiger partial charge is 0.314 e. The summed E-state index contributed by atoms with van der Waals surface area (Å²) in [7, 11) is 0. The van der Waals surface area contributed by atoms with Gasteiger partial charge in [-0.15, -0.1) is 12.4 Å². The van der Waals surface area contributed by atoms with E-state index < -0.39 is 0 Å². The van der Waals surface area contributed by atoms with Crippen molar-refractivity contribution in [1.82, 2.24) is 5.32 Å². The van der Waals surface area contributed by atoms with Crippen molar-refractivity contribution >= 4 is 12.4 Å². The van der Waals surface area contributed by atoms with Gasteiger partial charge in [0.05, 0.1) is 0 Å². The molecular formula is C11H24ClN. The number of hydrogen-bond donors (Lipinski definition) is 1. The zero-order valence-electron chi connectivity index (χ0n) is 8.85. The Bertz CT molecular complexity index is 98.3. The molecule has 0 aromatic rings. The standard InChI is InChI=1S/C11H23N.ClH/c1-2-3-10-12-11-8-6-4-5-7-9-11;/h11-12H,2-10H2,1H3;1H. The summed E-state index contributed by atoms with van der Waals surface area (Å²) in [6.07, 6.45) is 11.3. The topological polar surface area (TPSA) is 12.0 Å². The Labute approximate surface area is 89.1 Å². The van der Waals surface area contributed by atoms with Gasteiger partial charge in [-0.05, 0) is 25.8 Å². The maximum atomic E-state index is 3.66. The zero-order chi connectivity index (χ0) is 8.65. The maximum absolute atomic E-state index is 3.66. The first-order chi connectivity index (χ1) is 5.93. The summed E-state index contributed by atoms with van der Waals surface area (Å²) in [5, 5.41) is 3.66. The van der Waals surface area contributed by atoms with E-state index in [0.29, 0.717) is 0 Å². The van der Waals surface area contributed by atoms with Gasteiger partial charge in [0.1, 0.15) is 0 Å². The van der Waals surface area contributed by atoms with Crippen molar-refractivity contribution in [3.8, 4) is 0 Å². The molecule has 0 radical (unpaired) electrons. The van der Waals surface area contributed by atoms with Crippen LogP contribution in [0.25, 0.3) is 0 Å². The monoisotopic (exact) mass is 205 g/mol. The highest BCUT2D eigenvalue weighted by molar-refractivity contribution is 5.85. The molecule has 1 aliphatic carbocycles. The molecule has 0 spiro atoms. The van der Waals surface area contributed by atoms with Gasteiger partial charge in [0.2, 0.25) is 0 Å². The molecule has 0 aromatic heterocycles. The van der Waals surface area contributed by atoms with E-state index in [1.54, 1.807) is 0 Å². The summed E-state index contributed by atoms with van der Waals surface area (Å²) in [5.41, 5.74) is 0. The van der Waals surface area contributed by atoms with Crippen molar-refractivity contribution in [1.29, 1.82) is 0 Å². The van der Waals surface area contributed by atoms with Crippen LogP contribution in [0.3, 0.4) is 0 Å².